The molecule has 0 spiro atoms. The summed E-state index contributed by atoms with van der Waals surface area (Å²) >= 11 is 0. The molecule has 7 nitrogen and oxygen atoms in total. The molecular formula is C22H33N3O4. The number of amides is 3. The van der Waals surface area contributed by atoms with Crippen LogP contribution in [0.5, 0.6) is 0 Å². The van der Waals surface area contributed by atoms with Crippen molar-refractivity contribution in [3.8, 4) is 0 Å². The molecule has 2 rings (SSSR count). The van der Waals surface area contributed by atoms with Crippen molar-refractivity contribution in [2.45, 2.75) is 66.2 Å². The minimum Gasteiger partial charge on any atom is -0.372 e. The van der Waals surface area contributed by atoms with E-state index in [4.69, 9.17) is 4.74 Å². The van der Waals surface area contributed by atoms with Crippen LogP contribution in [-0.4, -0.2) is 54.0 Å². The van der Waals surface area contributed by atoms with Crippen molar-refractivity contribution in [2.24, 2.45) is 5.41 Å². The first-order valence-corrected chi connectivity index (χ1v) is 10.2. The molecule has 1 fully saturated rings. The number of hydrogen-bond donors (Lipinski definition) is 2. The fourth-order valence-corrected chi connectivity index (χ4v) is 3.25. The van der Waals surface area contributed by atoms with E-state index in [2.05, 4.69) is 10.6 Å². The molecule has 0 saturated carbocycles. The van der Waals surface area contributed by atoms with E-state index in [-0.39, 0.29) is 29.9 Å². The van der Waals surface area contributed by atoms with Gasteiger partial charge in [0, 0.05) is 18.5 Å². The van der Waals surface area contributed by atoms with Crippen LogP contribution in [0.1, 0.15) is 58.3 Å². The van der Waals surface area contributed by atoms with Gasteiger partial charge in [-0.25, -0.2) is 0 Å². The van der Waals surface area contributed by atoms with Gasteiger partial charge in [0.1, 0.15) is 6.04 Å². The van der Waals surface area contributed by atoms with E-state index in [1.807, 2.05) is 20.8 Å². The zero-order chi connectivity index (χ0) is 21.8. The molecule has 3 amide bonds. The van der Waals surface area contributed by atoms with Crippen LogP contribution >= 0.6 is 0 Å². The Hall–Kier alpha value is -2.41. The van der Waals surface area contributed by atoms with Crippen LogP contribution in [0.25, 0.3) is 0 Å². The molecule has 0 bridgehead atoms. The Balaban J connectivity index is 2.14. The first kappa shape index (κ1) is 22.9. The number of para-hydroxylation sites is 1. The summed E-state index contributed by atoms with van der Waals surface area (Å²) in [5, 5.41) is 5.66. The number of nitrogens with one attached hydrogen (secondary N) is 2. The molecule has 29 heavy (non-hydrogen) atoms. The van der Waals surface area contributed by atoms with E-state index < -0.39 is 11.5 Å². The lowest BCUT2D eigenvalue weighted by Crippen LogP contribution is -2.55. The third-order valence-electron chi connectivity index (χ3n) is 4.84. The molecule has 0 aliphatic carbocycles. The second kappa shape index (κ2) is 9.39. The summed E-state index contributed by atoms with van der Waals surface area (Å²) < 4.78 is 5.69. The van der Waals surface area contributed by atoms with E-state index in [0.29, 0.717) is 30.8 Å². The summed E-state index contributed by atoms with van der Waals surface area (Å²) in [6.07, 6.45) is 0.398. The number of carbonyl (C=O) groups excluding carboxylic acids is 3. The predicted octanol–water partition coefficient (Wildman–Crippen LogP) is 2.82. The molecule has 2 N–H and O–H groups in total. The normalized spacial score (nSPS) is 20.7. The van der Waals surface area contributed by atoms with Crippen molar-refractivity contribution in [3.63, 3.8) is 0 Å². The van der Waals surface area contributed by atoms with Crippen molar-refractivity contribution >= 4 is 23.4 Å². The minimum absolute atomic E-state index is 0.0377. The number of nitrogens with zero attached hydrogens (tertiary/aromatic N) is 1. The number of ether oxygens (including phenoxy) is 1. The highest BCUT2D eigenvalue weighted by Gasteiger charge is 2.31. The zero-order valence-corrected chi connectivity index (χ0v) is 18.2. The molecule has 0 unspecified atom stereocenters. The average Bonchev–Trinajstić information content (AvgIpc) is 2.64. The Labute approximate surface area is 173 Å². The maximum atomic E-state index is 13.0. The second-order valence-corrected chi connectivity index (χ2v) is 8.68. The summed E-state index contributed by atoms with van der Waals surface area (Å²) in [5.74, 6) is -0.680. The molecule has 1 aliphatic heterocycles. The summed E-state index contributed by atoms with van der Waals surface area (Å²) in [5.41, 5.74) is 0.177. The van der Waals surface area contributed by atoms with E-state index in [9.17, 15) is 14.4 Å². The Morgan fingerprint density at radius 3 is 2.28 bits per heavy atom. The van der Waals surface area contributed by atoms with E-state index in [0.717, 1.165) is 0 Å². The van der Waals surface area contributed by atoms with Gasteiger partial charge in [-0.2, -0.15) is 0 Å². The zero-order valence-electron chi connectivity index (χ0n) is 18.2. The van der Waals surface area contributed by atoms with E-state index in [1.165, 1.54) is 0 Å². The first-order valence-electron chi connectivity index (χ1n) is 10.2. The summed E-state index contributed by atoms with van der Waals surface area (Å²) in [6, 6.07) is 6.19. The summed E-state index contributed by atoms with van der Waals surface area (Å²) in [7, 11) is 0. The summed E-state index contributed by atoms with van der Waals surface area (Å²) in [6.45, 7) is 12.2. The summed E-state index contributed by atoms with van der Waals surface area (Å²) in [4.78, 5) is 40.0. The monoisotopic (exact) mass is 403 g/mol. The standard InChI is InChI=1S/C22H33N3O4/c1-7-17(20(27)25-12-14(2)29-15(3)13-25)23-19(26)16-10-8-9-11-18(16)24-21(28)22(4,5)6/h8-11,14-15,17H,7,12-13H2,1-6H3,(H,23,26)(H,24,28)/t14-,15-,17+/m1/s1. The number of anilines is 1. The molecule has 160 valence electrons. The molecule has 3 atom stereocenters. The molecule has 7 heteroatoms. The lowest BCUT2D eigenvalue weighted by molar-refractivity contribution is -0.145. The number of carbonyl (C=O) groups is 3. The fourth-order valence-electron chi connectivity index (χ4n) is 3.25. The van der Waals surface area contributed by atoms with E-state index >= 15 is 0 Å². The van der Waals surface area contributed by atoms with Crippen molar-refractivity contribution < 1.29 is 19.1 Å². The highest BCUT2D eigenvalue weighted by atomic mass is 16.5. The highest BCUT2D eigenvalue weighted by Crippen LogP contribution is 2.21. The van der Waals surface area contributed by atoms with Crippen molar-refractivity contribution in [3.05, 3.63) is 29.8 Å². The lowest BCUT2D eigenvalue weighted by Gasteiger charge is -2.37. The number of benzene rings is 1. The molecule has 1 aliphatic rings. The SMILES string of the molecule is CC[C@H](NC(=O)c1ccccc1NC(=O)C(C)(C)C)C(=O)N1C[C@@H](C)O[C@H](C)C1. The van der Waals surface area contributed by atoms with Crippen LogP contribution in [0.4, 0.5) is 5.69 Å². The molecule has 0 radical (unpaired) electrons. The van der Waals surface area contributed by atoms with Gasteiger partial charge >= 0.3 is 0 Å². The molecular weight excluding hydrogens is 370 g/mol. The van der Waals surface area contributed by atoms with Gasteiger partial charge in [0.2, 0.25) is 11.8 Å². The van der Waals surface area contributed by atoms with Gasteiger partial charge in [-0.3, -0.25) is 14.4 Å². The quantitative estimate of drug-likeness (QED) is 0.791. The Morgan fingerprint density at radius 2 is 1.72 bits per heavy atom. The van der Waals surface area contributed by atoms with Gasteiger partial charge in [0.15, 0.2) is 0 Å². The van der Waals surface area contributed by atoms with E-state index in [1.54, 1.807) is 49.9 Å². The second-order valence-electron chi connectivity index (χ2n) is 8.68. The molecule has 1 heterocycles. The number of hydrogen-bond acceptors (Lipinski definition) is 4. The van der Waals surface area contributed by atoms with Crippen LogP contribution in [0.2, 0.25) is 0 Å². The topological polar surface area (TPSA) is 87.7 Å². The van der Waals surface area contributed by atoms with Crippen LogP contribution in [-0.2, 0) is 14.3 Å². The third kappa shape index (κ3) is 6.03. The average molecular weight is 404 g/mol. The van der Waals surface area contributed by atoms with Gasteiger partial charge in [-0.15, -0.1) is 0 Å². The van der Waals surface area contributed by atoms with Gasteiger partial charge in [0.25, 0.3) is 5.91 Å². The molecule has 1 aromatic carbocycles. The van der Waals surface area contributed by atoms with Gasteiger partial charge in [-0.05, 0) is 32.4 Å². The number of rotatable bonds is 5. The molecule has 1 saturated heterocycles. The van der Waals surface area contributed by atoms with Crippen LogP contribution in [0.15, 0.2) is 24.3 Å². The number of morpholine rings is 1. The van der Waals surface area contributed by atoms with Crippen molar-refractivity contribution in [1.29, 1.82) is 0 Å². The predicted molar refractivity (Wildman–Crippen MR) is 113 cm³/mol. The Kier molecular flexibility index (Phi) is 7.41. The maximum Gasteiger partial charge on any atom is 0.254 e. The maximum absolute atomic E-state index is 13.0. The van der Waals surface area contributed by atoms with Gasteiger partial charge in [0.05, 0.1) is 23.5 Å². The smallest absolute Gasteiger partial charge is 0.254 e. The highest BCUT2D eigenvalue weighted by molar-refractivity contribution is 6.05. The lowest BCUT2D eigenvalue weighted by atomic mass is 9.95. The first-order chi connectivity index (χ1) is 13.5. The van der Waals surface area contributed by atoms with Crippen molar-refractivity contribution in [1.82, 2.24) is 10.2 Å². The van der Waals surface area contributed by atoms with Gasteiger partial charge in [-0.1, -0.05) is 39.8 Å². The minimum atomic E-state index is -0.633. The van der Waals surface area contributed by atoms with Crippen LogP contribution in [0, 0.1) is 5.41 Å². The fraction of sp³-hybridized carbons (Fsp3) is 0.591. The van der Waals surface area contributed by atoms with Crippen molar-refractivity contribution in [2.75, 3.05) is 18.4 Å². The third-order valence-corrected chi connectivity index (χ3v) is 4.84. The largest absolute Gasteiger partial charge is 0.372 e. The van der Waals surface area contributed by atoms with Crippen LogP contribution < -0.4 is 10.6 Å². The Morgan fingerprint density at radius 1 is 1.14 bits per heavy atom. The molecule has 1 aromatic rings. The molecule has 0 aromatic heterocycles. The Bertz CT molecular complexity index is 747. The van der Waals surface area contributed by atoms with Crippen LogP contribution in [0.3, 0.4) is 0 Å². The van der Waals surface area contributed by atoms with Gasteiger partial charge < -0.3 is 20.3 Å².